The van der Waals surface area contributed by atoms with Crippen LogP contribution in [0.25, 0.3) is 0 Å². The smallest absolute Gasteiger partial charge is 0.293 e. The van der Waals surface area contributed by atoms with Crippen LogP contribution in [0.3, 0.4) is 0 Å². The van der Waals surface area contributed by atoms with Gasteiger partial charge in [0, 0.05) is 18.5 Å². The van der Waals surface area contributed by atoms with Crippen LogP contribution in [0.2, 0.25) is 0 Å². The van der Waals surface area contributed by atoms with Crippen molar-refractivity contribution in [1.29, 1.82) is 5.26 Å². The van der Waals surface area contributed by atoms with E-state index in [1.54, 1.807) is 0 Å². The topological polar surface area (TPSA) is 139 Å². The van der Waals surface area contributed by atoms with Crippen LogP contribution in [-0.4, -0.2) is 19.9 Å². The lowest BCUT2D eigenvalue weighted by Crippen LogP contribution is -2.21. The van der Waals surface area contributed by atoms with Crippen LogP contribution in [0.1, 0.15) is 25.7 Å². The van der Waals surface area contributed by atoms with E-state index in [1.807, 2.05) is 0 Å². The van der Waals surface area contributed by atoms with Crippen molar-refractivity contribution in [2.45, 2.75) is 30.6 Å². The molecule has 3 N–H and O–H groups in total. The molecular formula is C14H18N4O4S. The Morgan fingerprint density at radius 2 is 2.00 bits per heavy atom. The quantitative estimate of drug-likeness (QED) is 0.621. The molecule has 0 spiro atoms. The van der Waals surface area contributed by atoms with Gasteiger partial charge in [-0.3, -0.25) is 10.1 Å². The molecule has 0 aliphatic heterocycles. The largest absolute Gasteiger partial charge is 0.379 e. The number of hydrogen-bond donors (Lipinski definition) is 2. The van der Waals surface area contributed by atoms with Crippen LogP contribution in [-0.2, 0) is 10.0 Å². The molecule has 0 saturated heterocycles. The number of benzene rings is 1. The fraction of sp³-hybridized carbons (Fsp3) is 0.500. The zero-order valence-electron chi connectivity index (χ0n) is 12.4. The maximum Gasteiger partial charge on any atom is 0.293 e. The molecule has 1 saturated carbocycles. The SMILES string of the molecule is N#C[C@H]1CC[C@H](CNc2ccc(S(N)(=O)=O)cc2[N+](=O)[O-])CC1. The van der Waals surface area contributed by atoms with Crippen molar-refractivity contribution in [2.24, 2.45) is 17.0 Å². The normalized spacial score (nSPS) is 21.4. The number of nitrogens with zero attached hydrogens (tertiary/aromatic N) is 2. The average Bonchev–Trinajstić information content (AvgIpc) is 2.52. The highest BCUT2D eigenvalue weighted by Crippen LogP contribution is 2.31. The van der Waals surface area contributed by atoms with Crippen molar-refractivity contribution >= 4 is 21.4 Å². The molecule has 124 valence electrons. The Morgan fingerprint density at radius 3 is 2.52 bits per heavy atom. The van der Waals surface area contributed by atoms with Crippen LogP contribution in [0, 0.1) is 33.3 Å². The maximum atomic E-state index is 11.3. The third kappa shape index (κ3) is 4.40. The number of nitro groups is 1. The highest BCUT2D eigenvalue weighted by atomic mass is 32.2. The Hall–Kier alpha value is -2.18. The number of nitrogens with two attached hydrogens (primary N) is 1. The fourth-order valence-electron chi connectivity index (χ4n) is 2.74. The summed E-state index contributed by atoms with van der Waals surface area (Å²) in [5.74, 6) is 0.451. The van der Waals surface area contributed by atoms with Gasteiger partial charge >= 0.3 is 0 Å². The molecular weight excluding hydrogens is 320 g/mol. The van der Waals surface area contributed by atoms with E-state index in [4.69, 9.17) is 10.4 Å². The van der Waals surface area contributed by atoms with E-state index in [2.05, 4.69) is 11.4 Å². The van der Waals surface area contributed by atoms with Gasteiger partial charge in [0.1, 0.15) is 5.69 Å². The Labute approximate surface area is 134 Å². The third-order valence-electron chi connectivity index (χ3n) is 4.10. The first-order chi connectivity index (χ1) is 10.8. The van der Waals surface area contributed by atoms with Gasteiger partial charge in [-0.05, 0) is 43.7 Å². The molecule has 0 bridgehead atoms. The highest BCUT2D eigenvalue weighted by molar-refractivity contribution is 7.89. The van der Waals surface area contributed by atoms with Crippen LogP contribution in [0.15, 0.2) is 23.1 Å². The number of nitro benzene ring substituents is 1. The van der Waals surface area contributed by atoms with E-state index in [0.717, 1.165) is 31.7 Å². The van der Waals surface area contributed by atoms with E-state index >= 15 is 0 Å². The Morgan fingerprint density at radius 1 is 1.35 bits per heavy atom. The van der Waals surface area contributed by atoms with Gasteiger partial charge in [0.25, 0.3) is 5.69 Å². The predicted octanol–water partition coefficient (Wildman–Crippen LogP) is 1.98. The summed E-state index contributed by atoms with van der Waals surface area (Å²) < 4.78 is 22.6. The number of primary sulfonamides is 1. The van der Waals surface area contributed by atoms with Crippen molar-refractivity contribution in [2.75, 3.05) is 11.9 Å². The second-order valence-electron chi connectivity index (χ2n) is 5.71. The molecule has 0 unspecified atom stereocenters. The van der Waals surface area contributed by atoms with Crippen LogP contribution in [0.4, 0.5) is 11.4 Å². The summed E-state index contributed by atoms with van der Waals surface area (Å²) in [6.07, 6.45) is 3.48. The van der Waals surface area contributed by atoms with Crippen molar-refractivity contribution in [3.05, 3.63) is 28.3 Å². The van der Waals surface area contributed by atoms with Gasteiger partial charge in [-0.25, -0.2) is 13.6 Å². The lowest BCUT2D eigenvalue weighted by Gasteiger charge is -2.25. The minimum Gasteiger partial charge on any atom is -0.379 e. The molecule has 1 fully saturated rings. The summed E-state index contributed by atoms with van der Waals surface area (Å²) in [7, 11) is -3.98. The summed E-state index contributed by atoms with van der Waals surface area (Å²) >= 11 is 0. The zero-order chi connectivity index (χ0) is 17.0. The second-order valence-corrected chi connectivity index (χ2v) is 7.27. The number of hydrogen-bond acceptors (Lipinski definition) is 6. The molecule has 1 aromatic carbocycles. The molecule has 1 aliphatic carbocycles. The number of sulfonamides is 1. The predicted molar refractivity (Wildman–Crippen MR) is 84.0 cm³/mol. The first-order valence-corrected chi connectivity index (χ1v) is 8.80. The van der Waals surface area contributed by atoms with Crippen molar-refractivity contribution < 1.29 is 13.3 Å². The zero-order valence-corrected chi connectivity index (χ0v) is 13.3. The lowest BCUT2D eigenvalue weighted by molar-refractivity contribution is -0.384. The van der Waals surface area contributed by atoms with E-state index in [-0.39, 0.29) is 22.2 Å². The summed E-state index contributed by atoms with van der Waals surface area (Å²) in [5.41, 5.74) is -0.0490. The fourth-order valence-corrected chi connectivity index (χ4v) is 3.27. The minimum absolute atomic E-state index is 0.106. The van der Waals surface area contributed by atoms with Crippen molar-refractivity contribution in [3.8, 4) is 6.07 Å². The summed E-state index contributed by atoms with van der Waals surface area (Å²) in [6.45, 7) is 0.549. The summed E-state index contributed by atoms with van der Waals surface area (Å²) in [4.78, 5) is 10.2. The van der Waals surface area contributed by atoms with Gasteiger partial charge in [-0.15, -0.1) is 0 Å². The molecule has 2 rings (SSSR count). The van der Waals surface area contributed by atoms with Crippen LogP contribution >= 0.6 is 0 Å². The van der Waals surface area contributed by atoms with Crippen LogP contribution < -0.4 is 10.5 Å². The maximum absolute atomic E-state index is 11.3. The molecule has 1 aliphatic rings. The Balaban J connectivity index is 2.08. The standard InChI is InChI=1S/C14H18N4O4S/c15-8-10-1-3-11(4-2-10)9-17-13-6-5-12(23(16,21)22)7-14(13)18(19)20/h5-7,10-11,17H,1-4,9H2,(H2,16,21,22)/t10-,11-. The Kier molecular flexibility index (Phi) is 5.18. The van der Waals surface area contributed by atoms with Gasteiger partial charge < -0.3 is 5.32 Å². The van der Waals surface area contributed by atoms with Gasteiger partial charge in [0.15, 0.2) is 0 Å². The molecule has 0 heterocycles. The molecule has 9 heteroatoms. The summed E-state index contributed by atoms with van der Waals surface area (Å²) in [5, 5.41) is 28.0. The van der Waals surface area contributed by atoms with E-state index in [1.165, 1.54) is 12.1 Å². The monoisotopic (exact) mass is 338 g/mol. The van der Waals surface area contributed by atoms with Gasteiger partial charge in [-0.2, -0.15) is 5.26 Å². The van der Waals surface area contributed by atoms with Crippen LogP contribution in [0.5, 0.6) is 0 Å². The molecule has 0 aromatic heterocycles. The molecule has 1 aromatic rings. The second kappa shape index (κ2) is 6.93. The molecule has 0 atom stereocenters. The van der Waals surface area contributed by atoms with E-state index in [0.29, 0.717) is 12.5 Å². The average molecular weight is 338 g/mol. The first-order valence-electron chi connectivity index (χ1n) is 7.26. The number of anilines is 1. The minimum atomic E-state index is -3.98. The van der Waals surface area contributed by atoms with Gasteiger partial charge in [-0.1, -0.05) is 0 Å². The van der Waals surface area contributed by atoms with Crippen molar-refractivity contribution in [3.63, 3.8) is 0 Å². The van der Waals surface area contributed by atoms with Crippen molar-refractivity contribution in [1.82, 2.24) is 0 Å². The molecule has 23 heavy (non-hydrogen) atoms. The first kappa shape index (κ1) is 17.2. The van der Waals surface area contributed by atoms with Gasteiger partial charge in [0.05, 0.1) is 15.9 Å². The lowest BCUT2D eigenvalue weighted by atomic mass is 9.83. The summed E-state index contributed by atoms with van der Waals surface area (Å²) in [6, 6.07) is 5.83. The Bertz CT molecular complexity index is 734. The van der Waals surface area contributed by atoms with Gasteiger partial charge in [0.2, 0.25) is 10.0 Å². The molecule has 0 amide bonds. The number of nitriles is 1. The number of nitrogens with one attached hydrogen (secondary N) is 1. The van der Waals surface area contributed by atoms with E-state index in [9.17, 15) is 18.5 Å². The molecule has 8 nitrogen and oxygen atoms in total. The third-order valence-corrected chi connectivity index (χ3v) is 5.02. The number of rotatable bonds is 5. The highest BCUT2D eigenvalue weighted by Gasteiger charge is 2.23. The molecule has 0 radical (unpaired) electrons. The van der Waals surface area contributed by atoms with E-state index < -0.39 is 14.9 Å².